The summed E-state index contributed by atoms with van der Waals surface area (Å²) in [5.74, 6) is 0. The number of rotatable bonds is 4. The Kier molecular flexibility index (Phi) is 3.31. The Morgan fingerprint density at radius 3 is 2.95 bits per heavy atom. The Labute approximate surface area is 115 Å². The van der Waals surface area contributed by atoms with Gasteiger partial charge in [0, 0.05) is 18.0 Å². The Balaban J connectivity index is 1.90. The van der Waals surface area contributed by atoms with Crippen molar-refractivity contribution in [2.45, 2.75) is 26.4 Å². The molecule has 0 radical (unpaired) electrons. The molecule has 0 bridgehead atoms. The van der Waals surface area contributed by atoms with Gasteiger partial charge in [0.05, 0.1) is 5.56 Å². The van der Waals surface area contributed by atoms with Gasteiger partial charge in [-0.3, -0.25) is 0 Å². The average molecular weight is 273 g/mol. The maximum absolute atomic E-state index is 5.53. The van der Waals surface area contributed by atoms with Crippen LogP contribution < -0.4 is 5.32 Å². The summed E-state index contributed by atoms with van der Waals surface area (Å²) in [5, 5.41) is 14.8. The van der Waals surface area contributed by atoms with Gasteiger partial charge in [0.15, 0.2) is 5.01 Å². The molecule has 0 saturated carbocycles. The lowest BCUT2D eigenvalue weighted by atomic mass is 10.2. The number of fused-ring (bicyclic) bond motifs is 1. The van der Waals surface area contributed by atoms with Crippen LogP contribution in [-0.4, -0.2) is 16.2 Å². The molecule has 0 aliphatic heterocycles. The fourth-order valence-electron chi connectivity index (χ4n) is 1.87. The zero-order valence-corrected chi connectivity index (χ0v) is 11.7. The van der Waals surface area contributed by atoms with Crippen LogP contribution in [0.5, 0.6) is 0 Å². The Bertz CT molecular complexity index is 687. The van der Waals surface area contributed by atoms with E-state index in [1.807, 2.05) is 24.3 Å². The molecule has 0 fully saturated rings. The molecule has 1 N–H and O–H groups in total. The zero-order valence-electron chi connectivity index (χ0n) is 10.9. The van der Waals surface area contributed by atoms with Gasteiger partial charge in [0.1, 0.15) is 16.9 Å². The van der Waals surface area contributed by atoms with Crippen LogP contribution in [0.15, 0.2) is 34.9 Å². The van der Waals surface area contributed by atoms with E-state index in [-0.39, 0.29) is 0 Å². The Hall–Kier alpha value is -1.72. The summed E-state index contributed by atoms with van der Waals surface area (Å²) in [7, 11) is 0. The van der Waals surface area contributed by atoms with E-state index in [0.717, 1.165) is 33.1 Å². The summed E-state index contributed by atoms with van der Waals surface area (Å²) in [5.41, 5.74) is 1.90. The third-order valence-corrected chi connectivity index (χ3v) is 3.80. The molecule has 3 rings (SSSR count). The van der Waals surface area contributed by atoms with Crippen LogP contribution in [0.1, 0.15) is 18.9 Å². The van der Waals surface area contributed by atoms with Gasteiger partial charge in [0.2, 0.25) is 0 Å². The number of hydrogen-bond donors (Lipinski definition) is 1. The van der Waals surface area contributed by atoms with Gasteiger partial charge in [-0.25, -0.2) is 0 Å². The quantitative estimate of drug-likeness (QED) is 0.791. The van der Waals surface area contributed by atoms with Gasteiger partial charge in [-0.2, -0.15) is 0 Å². The average Bonchev–Trinajstić information content (AvgIpc) is 3.02. The molecule has 0 aliphatic carbocycles. The van der Waals surface area contributed by atoms with Crippen LogP contribution in [0.25, 0.3) is 21.5 Å². The normalized spacial score (nSPS) is 11.5. The van der Waals surface area contributed by atoms with Crippen molar-refractivity contribution >= 4 is 22.3 Å². The molecule has 98 valence electrons. The summed E-state index contributed by atoms with van der Waals surface area (Å²) in [6, 6.07) is 8.42. The molecule has 4 nitrogen and oxygen atoms in total. The molecule has 0 spiro atoms. The Morgan fingerprint density at radius 1 is 1.26 bits per heavy atom. The van der Waals surface area contributed by atoms with E-state index >= 15 is 0 Å². The fourth-order valence-corrected chi connectivity index (χ4v) is 2.68. The maximum atomic E-state index is 5.53. The topological polar surface area (TPSA) is 51.0 Å². The van der Waals surface area contributed by atoms with Gasteiger partial charge in [-0.05, 0) is 6.07 Å². The minimum atomic E-state index is 0.446. The van der Waals surface area contributed by atoms with Gasteiger partial charge < -0.3 is 9.73 Å². The molecule has 0 amide bonds. The second kappa shape index (κ2) is 5.11. The zero-order chi connectivity index (χ0) is 13.2. The molecule has 1 aromatic carbocycles. The third-order valence-electron chi connectivity index (χ3n) is 2.84. The van der Waals surface area contributed by atoms with Crippen LogP contribution >= 0.6 is 11.3 Å². The van der Waals surface area contributed by atoms with E-state index in [2.05, 4.69) is 29.4 Å². The number of furan rings is 1. The van der Waals surface area contributed by atoms with Crippen molar-refractivity contribution in [3.63, 3.8) is 0 Å². The molecule has 2 aromatic heterocycles. The molecule has 2 heterocycles. The number of hydrogen-bond acceptors (Lipinski definition) is 5. The van der Waals surface area contributed by atoms with Gasteiger partial charge in [-0.1, -0.05) is 43.4 Å². The molecular formula is C14H15N3OS. The van der Waals surface area contributed by atoms with Crippen molar-refractivity contribution in [3.8, 4) is 10.6 Å². The standard InChI is InChI=1S/C14H15N3OS/c1-9(2)15-7-13-16-17-14(19-13)11-8-18-12-6-4-3-5-10(11)12/h3-6,8-9,15H,7H2,1-2H3. The summed E-state index contributed by atoms with van der Waals surface area (Å²) in [6.45, 7) is 4.99. The Morgan fingerprint density at radius 2 is 2.11 bits per heavy atom. The van der Waals surface area contributed by atoms with Crippen LogP contribution in [0.4, 0.5) is 0 Å². The predicted octanol–water partition coefficient (Wildman–Crippen LogP) is 3.45. The lowest BCUT2D eigenvalue weighted by Crippen LogP contribution is -2.21. The minimum Gasteiger partial charge on any atom is -0.464 e. The summed E-state index contributed by atoms with van der Waals surface area (Å²) in [6.07, 6.45) is 1.75. The van der Waals surface area contributed by atoms with Crippen LogP contribution in [0.2, 0.25) is 0 Å². The second-order valence-corrected chi connectivity index (χ2v) is 5.74. The molecule has 0 aliphatic rings. The smallest absolute Gasteiger partial charge is 0.151 e. The summed E-state index contributed by atoms with van der Waals surface area (Å²) in [4.78, 5) is 0. The molecule has 3 aromatic rings. The number of para-hydroxylation sites is 1. The van der Waals surface area contributed by atoms with Crippen molar-refractivity contribution < 1.29 is 4.42 Å². The summed E-state index contributed by atoms with van der Waals surface area (Å²) >= 11 is 1.60. The first-order valence-electron chi connectivity index (χ1n) is 6.26. The van der Waals surface area contributed by atoms with Gasteiger partial charge in [-0.15, -0.1) is 10.2 Å². The molecule has 0 unspecified atom stereocenters. The first kappa shape index (κ1) is 12.3. The first-order valence-corrected chi connectivity index (χ1v) is 7.08. The summed E-state index contributed by atoms with van der Waals surface area (Å²) < 4.78 is 5.53. The van der Waals surface area contributed by atoms with Crippen molar-refractivity contribution in [1.29, 1.82) is 0 Å². The van der Waals surface area contributed by atoms with E-state index in [1.54, 1.807) is 17.6 Å². The van der Waals surface area contributed by atoms with E-state index in [4.69, 9.17) is 4.42 Å². The lowest BCUT2D eigenvalue weighted by molar-refractivity contribution is 0.585. The lowest BCUT2D eigenvalue weighted by Gasteiger charge is -2.03. The van der Waals surface area contributed by atoms with Gasteiger partial charge >= 0.3 is 0 Å². The molecular weight excluding hydrogens is 258 g/mol. The third kappa shape index (κ3) is 2.52. The van der Waals surface area contributed by atoms with Crippen molar-refractivity contribution in [1.82, 2.24) is 15.5 Å². The van der Waals surface area contributed by atoms with E-state index in [1.165, 1.54) is 0 Å². The minimum absolute atomic E-state index is 0.446. The molecule has 0 saturated heterocycles. The molecule has 0 atom stereocenters. The van der Waals surface area contributed by atoms with E-state index in [9.17, 15) is 0 Å². The highest BCUT2D eigenvalue weighted by atomic mass is 32.1. The highest BCUT2D eigenvalue weighted by Crippen LogP contribution is 2.32. The molecule has 19 heavy (non-hydrogen) atoms. The van der Waals surface area contributed by atoms with Gasteiger partial charge in [0.25, 0.3) is 0 Å². The SMILES string of the molecule is CC(C)NCc1nnc(-c2coc3ccccc23)s1. The predicted molar refractivity (Wildman–Crippen MR) is 77.1 cm³/mol. The number of benzene rings is 1. The van der Waals surface area contributed by atoms with Crippen molar-refractivity contribution in [2.75, 3.05) is 0 Å². The van der Waals surface area contributed by atoms with Crippen LogP contribution in [0.3, 0.4) is 0 Å². The van der Waals surface area contributed by atoms with Crippen molar-refractivity contribution in [3.05, 3.63) is 35.5 Å². The highest BCUT2D eigenvalue weighted by Gasteiger charge is 2.12. The monoisotopic (exact) mass is 273 g/mol. The fraction of sp³-hybridized carbons (Fsp3) is 0.286. The van der Waals surface area contributed by atoms with Crippen LogP contribution in [-0.2, 0) is 6.54 Å². The molecule has 5 heteroatoms. The number of aromatic nitrogens is 2. The van der Waals surface area contributed by atoms with E-state index < -0.39 is 0 Å². The van der Waals surface area contributed by atoms with Crippen LogP contribution in [0, 0.1) is 0 Å². The highest BCUT2D eigenvalue weighted by molar-refractivity contribution is 7.14. The largest absolute Gasteiger partial charge is 0.464 e. The van der Waals surface area contributed by atoms with Crippen molar-refractivity contribution in [2.24, 2.45) is 0 Å². The number of nitrogens with one attached hydrogen (secondary N) is 1. The maximum Gasteiger partial charge on any atom is 0.151 e. The second-order valence-electron chi connectivity index (χ2n) is 4.68. The number of nitrogens with zero attached hydrogens (tertiary/aromatic N) is 2. The van der Waals surface area contributed by atoms with E-state index in [0.29, 0.717) is 6.04 Å². The first-order chi connectivity index (χ1) is 9.24.